The number of fused-ring (bicyclic) bond motifs is 1. The third-order valence-electron chi connectivity index (χ3n) is 5.31. The van der Waals surface area contributed by atoms with Crippen LogP contribution < -0.4 is 10.6 Å². The first kappa shape index (κ1) is 19.7. The number of guanidine groups is 1. The molecule has 1 atom stereocenters. The SMILES string of the molecule is CCNC(=NCC(C1CC1)N(C)C)NCCCn1c(C)nc2ccccc21. The maximum atomic E-state index is 4.83. The number of likely N-dealkylation sites (N-methyl/N-ethyl adjacent to an activating group) is 1. The molecule has 0 saturated heterocycles. The van der Waals surface area contributed by atoms with Gasteiger partial charge in [0, 0.05) is 25.7 Å². The zero-order valence-corrected chi connectivity index (χ0v) is 17.2. The topological polar surface area (TPSA) is 57.5 Å². The molecule has 1 aromatic heterocycles. The van der Waals surface area contributed by atoms with E-state index in [9.17, 15) is 0 Å². The molecule has 0 aliphatic heterocycles. The molecule has 0 spiro atoms. The van der Waals surface area contributed by atoms with E-state index in [1.54, 1.807) is 0 Å². The van der Waals surface area contributed by atoms with Gasteiger partial charge in [-0.15, -0.1) is 0 Å². The quantitative estimate of drug-likeness (QED) is 0.405. The number of aromatic nitrogens is 2. The lowest BCUT2D eigenvalue weighted by molar-refractivity contribution is 0.271. The molecule has 1 unspecified atom stereocenters. The highest BCUT2D eigenvalue weighted by atomic mass is 15.2. The lowest BCUT2D eigenvalue weighted by Gasteiger charge is -2.23. The average molecular weight is 371 g/mol. The minimum atomic E-state index is 0.556. The molecular weight excluding hydrogens is 336 g/mol. The highest BCUT2D eigenvalue weighted by Gasteiger charge is 2.32. The number of benzene rings is 1. The highest BCUT2D eigenvalue weighted by Crippen LogP contribution is 2.34. The van der Waals surface area contributed by atoms with Crippen molar-refractivity contribution in [3.8, 4) is 0 Å². The van der Waals surface area contributed by atoms with Crippen molar-refractivity contribution in [2.75, 3.05) is 33.7 Å². The molecule has 1 aliphatic carbocycles. The third kappa shape index (κ3) is 5.22. The Kier molecular flexibility index (Phi) is 6.72. The van der Waals surface area contributed by atoms with Gasteiger partial charge in [-0.3, -0.25) is 4.99 Å². The van der Waals surface area contributed by atoms with Crippen molar-refractivity contribution in [2.24, 2.45) is 10.9 Å². The Morgan fingerprint density at radius 2 is 2.07 bits per heavy atom. The van der Waals surface area contributed by atoms with Crippen molar-refractivity contribution in [3.05, 3.63) is 30.1 Å². The van der Waals surface area contributed by atoms with E-state index in [2.05, 4.69) is 71.2 Å². The molecule has 1 aromatic carbocycles. The van der Waals surface area contributed by atoms with E-state index in [1.807, 2.05) is 6.07 Å². The summed E-state index contributed by atoms with van der Waals surface area (Å²) in [6.45, 7) is 7.79. The maximum Gasteiger partial charge on any atom is 0.191 e. The molecule has 0 radical (unpaired) electrons. The van der Waals surface area contributed by atoms with Crippen LogP contribution in [0, 0.1) is 12.8 Å². The fraction of sp³-hybridized carbons (Fsp3) is 0.619. The minimum absolute atomic E-state index is 0.556. The van der Waals surface area contributed by atoms with Gasteiger partial charge in [-0.25, -0.2) is 4.98 Å². The van der Waals surface area contributed by atoms with E-state index in [-0.39, 0.29) is 0 Å². The van der Waals surface area contributed by atoms with Crippen LogP contribution in [0.5, 0.6) is 0 Å². The Morgan fingerprint density at radius 1 is 1.30 bits per heavy atom. The summed E-state index contributed by atoms with van der Waals surface area (Å²) in [7, 11) is 4.33. The average Bonchev–Trinajstić information content (AvgIpc) is 3.42. The molecule has 1 heterocycles. The number of hydrogen-bond acceptors (Lipinski definition) is 3. The molecule has 2 N–H and O–H groups in total. The summed E-state index contributed by atoms with van der Waals surface area (Å²) in [5.74, 6) is 2.83. The summed E-state index contributed by atoms with van der Waals surface area (Å²) in [5, 5.41) is 6.86. The van der Waals surface area contributed by atoms with Crippen LogP contribution in [0.25, 0.3) is 11.0 Å². The zero-order valence-electron chi connectivity index (χ0n) is 17.2. The number of imidazole rings is 1. The van der Waals surface area contributed by atoms with Crippen LogP contribution in [0.4, 0.5) is 0 Å². The maximum absolute atomic E-state index is 4.83. The molecule has 3 rings (SSSR count). The predicted molar refractivity (Wildman–Crippen MR) is 113 cm³/mol. The van der Waals surface area contributed by atoms with Gasteiger partial charge in [0.05, 0.1) is 17.6 Å². The summed E-state index contributed by atoms with van der Waals surface area (Å²) in [6.07, 6.45) is 3.73. The molecule has 1 fully saturated rings. The second-order valence-corrected chi connectivity index (χ2v) is 7.67. The first-order valence-electron chi connectivity index (χ1n) is 10.2. The fourth-order valence-corrected chi connectivity index (χ4v) is 3.66. The molecule has 27 heavy (non-hydrogen) atoms. The van der Waals surface area contributed by atoms with Crippen molar-refractivity contribution in [1.82, 2.24) is 25.1 Å². The molecule has 6 nitrogen and oxygen atoms in total. The number of nitrogens with zero attached hydrogens (tertiary/aromatic N) is 4. The molecule has 148 valence electrons. The first-order valence-corrected chi connectivity index (χ1v) is 10.2. The standard InChI is InChI=1S/C21H34N6/c1-5-22-21(24-15-20(26(3)4)17-11-12-17)23-13-8-14-27-16(2)25-18-9-6-7-10-19(18)27/h6-7,9-10,17,20H,5,8,11-15H2,1-4H3,(H2,22,23,24). The minimum Gasteiger partial charge on any atom is -0.357 e. The van der Waals surface area contributed by atoms with Crippen LogP contribution in [0.1, 0.15) is 32.0 Å². The zero-order chi connectivity index (χ0) is 19.2. The van der Waals surface area contributed by atoms with Gasteiger partial charge in [-0.2, -0.15) is 0 Å². The van der Waals surface area contributed by atoms with Crippen molar-refractivity contribution < 1.29 is 0 Å². The molecular formula is C21H34N6. The third-order valence-corrected chi connectivity index (χ3v) is 5.31. The van der Waals surface area contributed by atoms with E-state index < -0.39 is 0 Å². The van der Waals surface area contributed by atoms with E-state index in [4.69, 9.17) is 4.99 Å². The fourth-order valence-electron chi connectivity index (χ4n) is 3.66. The molecule has 1 saturated carbocycles. The molecule has 0 bridgehead atoms. The summed E-state index contributed by atoms with van der Waals surface area (Å²) in [6, 6.07) is 8.90. The summed E-state index contributed by atoms with van der Waals surface area (Å²) < 4.78 is 2.30. The largest absolute Gasteiger partial charge is 0.357 e. The molecule has 6 heteroatoms. The Morgan fingerprint density at radius 3 is 2.78 bits per heavy atom. The number of nitrogens with one attached hydrogen (secondary N) is 2. The van der Waals surface area contributed by atoms with Crippen LogP contribution in [0.3, 0.4) is 0 Å². The van der Waals surface area contributed by atoms with Gasteiger partial charge in [-0.05, 0) is 65.3 Å². The summed E-state index contributed by atoms with van der Waals surface area (Å²) in [5.41, 5.74) is 2.29. The molecule has 0 amide bonds. The second-order valence-electron chi connectivity index (χ2n) is 7.67. The van der Waals surface area contributed by atoms with Crippen LogP contribution in [-0.2, 0) is 6.54 Å². The van der Waals surface area contributed by atoms with E-state index >= 15 is 0 Å². The number of aliphatic imine (C=N–C) groups is 1. The Labute approximate surface area is 163 Å². The van der Waals surface area contributed by atoms with Gasteiger partial charge in [0.15, 0.2) is 5.96 Å². The number of aryl methyl sites for hydroxylation is 2. The van der Waals surface area contributed by atoms with E-state index in [1.165, 1.54) is 18.4 Å². The van der Waals surface area contributed by atoms with Gasteiger partial charge in [0.2, 0.25) is 0 Å². The van der Waals surface area contributed by atoms with Crippen molar-refractivity contribution >= 4 is 17.0 Å². The van der Waals surface area contributed by atoms with Crippen molar-refractivity contribution in [2.45, 2.75) is 45.7 Å². The van der Waals surface area contributed by atoms with Gasteiger partial charge >= 0.3 is 0 Å². The van der Waals surface area contributed by atoms with Gasteiger partial charge in [0.1, 0.15) is 5.82 Å². The molecule has 1 aliphatic rings. The Balaban J connectivity index is 1.52. The monoisotopic (exact) mass is 370 g/mol. The second kappa shape index (κ2) is 9.22. The van der Waals surface area contributed by atoms with Crippen molar-refractivity contribution in [1.29, 1.82) is 0 Å². The lowest BCUT2D eigenvalue weighted by atomic mass is 10.2. The Hall–Kier alpha value is -2.08. The predicted octanol–water partition coefficient (Wildman–Crippen LogP) is 2.63. The summed E-state index contributed by atoms with van der Waals surface area (Å²) >= 11 is 0. The molecule has 2 aromatic rings. The van der Waals surface area contributed by atoms with Crippen LogP contribution in [-0.4, -0.2) is 60.2 Å². The highest BCUT2D eigenvalue weighted by molar-refractivity contribution is 5.79. The van der Waals surface area contributed by atoms with E-state index in [0.717, 1.165) is 55.8 Å². The number of para-hydroxylation sites is 2. The van der Waals surface area contributed by atoms with Crippen LogP contribution in [0.2, 0.25) is 0 Å². The first-order chi connectivity index (χ1) is 13.1. The number of hydrogen-bond donors (Lipinski definition) is 2. The van der Waals surface area contributed by atoms with Crippen molar-refractivity contribution in [3.63, 3.8) is 0 Å². The summed E-state index contributed by atoms with van der Waals surface area (Å²) in [4.78, 5) is 11.8. The van der Waals surface area contributed by atoms with Gasteiger partial charge < -0.3 is 20.1 Å². The smallest absolute Gasteiger partial charge is 0.191 e. The number of rotatable bonds is 9. The van der Waals surface area contributed by atoms with E-state index in [0.29, 0.717) is 6.04 Å². The van der Waals surface area contributed by atoms with Gasteiger partial charge in [-0.1, -0.05) is 12.1 Å². The lowest BCUT2D eigenvalue weighted by Crippen LogP contribution is -2.40. The van der Waals surface area contributed by atoms with Crippen LogP contribution in [0.15, 0.2) is 29.3 Å². The Bertz CT molecular complexity index is 757. The normalized spacial score (nSPS) is 16.1. The van der Waals surface area contributed by atoms with Gasteiger partial charge in [0.25, 0.3) is 0 Å². The van der Waals surface area contributed by atoms with Crippen LogP contribution >= 0.6 is 0 Å².